The van der Waals surface area contributed by atoms with Crippen LogP contribution >= 0.6 is 0 Å². The van der Waals surface area contributed by atoms with Crippen LogP contribution < -0.4 is 54.3 Å². The molecule has 5 N–H and O–H groups in total. The van der Waals surface area contributed by atoms with Crippen molar-refractivity contribution in [2.45, 2.75) is 82.8 Å². The lowest BCUT2D eigenvalue weighted by molar-refractivity contribution is -0.134. The fraction of sp³-hybridized carbons (Fsp3) is 0.324. The number of ketones is 3. The number of aliphatic imine (C=N–C) groups is 2. The zero-order chi connectivity index (χ0) is 63.8. The Bertz CT molecular complexity index is 3900. The first kappa shape index (κ1) is 61.9. The van der Waals surface area contributed by atoms with E-state index in [2.05, 4.69) is 56.8 Å². The number of fused-ring (bicyclic) bond motifs is 3. The summed E-state index contributed by atoms with van der Waals surface area (Å²) in [6, 6.07) is 41.1. The Kier molecular flexibility index (Phi) is 17.2. The van der Waals surface area contributed by atoms with Crippen molar-refractivity contribution in [3.63, 3.8) is 0 Å². The summed E-state index contributed by atoms with van der Waals surface area (Å²) in [6.07, 6.45) is 4.03. The van der Waals surface area contributed by atoms with Gasteiger partial charge in [-0.2, -0.15) is 0 Å². The number of nitrogens with zero attached hydrogens (tertiary/aromatic N) is 5. The maximum atomic E-state index is 14.0. The molecular formula is C71H77N9O10. The normalized spacial score (nSPS) is 22.3. The van der Waals surface area contributed by atoms with Crippen LogP contribution in [0.2, 0.25) is 0 Å². The molecule has 6 aromatic rings. The molecule has 7 heterocycles. The lowest BCUT2D eigenvalue weighted by atomic mass is 9.86. The van der Waals surface area contributed by atoms with Crippen molar-refractivity contribution >= 4 is 69.0 Å². The van der Waals surface area contributed by atoms with Crippen LogP contribution in [0.1, 0.15) is 62.8 Å². The van der Waals surface area contributed by atoms with Gasteiger partial charge in [0.05, 0.1) is 83.5 Å². The Morgan fingerprint density at radius 1 is 0.522 bits per heavy atom. The fourth-order valence-corrected chi connectivity index (χ4v) is 13.3. The average molecular weight is 1220 g/mol. The molecule has 0 bridgehead atoms. The quantitative estimate of drug-likeness (QED) is 0.0719. The minimum absolute atomic E-state index is 0.0337. The molecule has 4 saturated heterocycles. The van der Waals surface area contributed by atoms with Gasteiger partial charge in [-0.1, -0.05) is 75.4 Å². The third-order valence-corrected chi connectivity index (χ3v) is 18.2. The number of aliphatic hydroxyl groups excluding tert-OH is 1. The number of aryl methyl sites for hydroxylation is 1. The summed E-state index contributed by atoms with van der Waals surface area (Å²) < 4.78 is 32.9. The van der Waals surface area contributed by atoms with Gasteiger partial charge in [-0.05, 0) is 78.8 Å². The van der Waals surface area contributed by atoms with Gasteiger partial charge in [0, 0.05) is 116 Å². The molecule has 19 heteroatoms. The second-order valence-electron chi connectivity index (χ2n) is 23.1. The van der Waals surface area contributed by atoms with E-state index in [-0.39, 0.29) is 23.2 Å². The molecule has 4 fully saturated rings. The van der Waals surface area contributed by atoms with Crippen LogP contribution in [0.4, 0.5) is 34.1 Å². The number of allylic oxidation sites excluding steroid dienone is 3. The Labute approximate surface area is 525 Å². The van der Waals surface area contributed by atoms with E-state index in [1.165, 1.54) is 11.1 Å². The highest BCUT2D eigenvalue weighted by Crippen LogP contribution is 2.48. The van der Waals surface area contributed by atoms with Crippen molar-refractivity contribution in [3.05, 3.63) is 183 Å². The number of benzene rings is 6. The number of carbonyl (C=O) groups excluding carboxylic acids is 3. The van der Waals surface area contributed by atoms with Crippen molar-refractivity contribution in [1.82, 2.24) is 0 Å². The number of anilines is 6. The van der Waals surface area contributed by atoms with Crippen molar-refractivity contribution in [1.29, 1.82) is 5.41 Å². The Balaban J connectivity index is 0.000000139. The summed E-state index contributed by atoms with van der Waals surface area (Å²) in [4.78, 5) is 56.1. The van der Waals surface area contributed by atoms with Crippen molar-refractivity contribution in [2.24, 2.45) is 9.98 Å². The van der Waals surface area contributed by atoms with Gasteiger partial charge in [0.1, 0.15) is 57.3 Å². The summed E-state index contributed by atoms with van der Waals surface area (Å²) >= 11 is 0. The van der Waals surface area contributed by atoms with Crippen LogP contribution in [0.3, 0.4) is 0 Å². The lowest BCUT2D eigenvalue weighted by Gasteiger charge is -2.43. The largest absolute Gasteiger partial charge is 0.497 e. The van der Waals surface area contributed by atoms with E-state index in [4.69, 9.17) is 33.8 Å². The number of methoxy groups -OCH3 is 5. The molecule has 7 aliphatic heterocycles. The Morgan fingerprint density at radius 2 is 0.911 bits per heavy atom. The molecule has 0 aromatic heterocycles. The number of hydrogen-bond acceptors (Lipinski definition) is 16. The molecule has 6 aromatic carbocycles. The molecule has 0 amide bonds. The van der Waals surface area contributed by atoms with E-state index in [0.29, 0.717) is 114 Å². The van der Waals surface area contributed by atoms with Crippen molar-refractivity contribution in [3.8, 4) is 28.7 Å². The summed E-state index contributed by atoms with van der Waals surface area (Å²) in [5, 5.41) is 29.3. The molecule has 1 spiro atoms. The third kappa shape index (κ3) is 10.4. The summed E-state index contributed by atoms with van der Waals surface area (Å²) in [5.41, 5.74) is 11.2. The highest BCUT2D eigenvalue weighted by Gasteiger charge is 2.61. The Morgan fingerprint density at radius 3 is 1.29 bits per heavy atom. The number of nitrogens with one attached hydrogen (secondary N) is 4. The molecule has 7 aliphatic rings. The molecule has 0 radical (unpaired) electrons. The highest BCUT2D eigenvalue weighted by molar-refractivity contribution is 6.39. The topological polar surface area (TPSA) is 221 Å². The van der Waals surface area contributed by atoms with E-state index in [1.807, 2.05) is 121 Å². The van der Waals surface area contributed by atoms with Crippen LogP contribution in [0.25, 0.3) is 0 Å². The second-order valence-corrected chi connectivity index (χ2v) is 23.1. The molecule has 1 atom stereocenters. The molecule has 1 unspecified atom stereocenters. The van der Waals surface area contributed by atoms with Crippen molar-refractivity contribution in [2.75, 3.05) is 100 Å². The molecule has 466 valence electrons. The minimum Gasteiger partial charge on any atom is -0.497 e. The van der Waals surface area contributed by atoms with Crippen LogP contribution in [0.5, 0.6) is 28.7 Å². The predicted molar refractivity (Wildman–Crippen MR) is 353 cm³/mol. The van der Waals surface area contributed by atoms with Gasteiger partial charge in [0.15, 0.2) is 22.9 Å². The molecule has 0 aliphatic carbocycles. The predicted octanol–water partition coefficient (Wildman–Crippen LogP) is 10.7. The highest BCUT2D eigenvalue weighted by atomic mass is 16.5. The monoisotopic (exact) mass is 1220 g/mol. The van der Waals surface area contributed by atoms with Gasteiger partial charge in [-0.3, -0.25) is 29.8 Å². The van der Waals surface area contributed by atoms with Crippen molar-refractivity contribution < 1.29 is 47.9 Å². The van der Waals surface area contributed by atoms with Gasteiger partial charge in [-0.25, -0.2) is 0 Å². The van der Waals surface area contributed by atoms with Gasteiger partial charge >= 0.3 is 0 Å². The molecular weight excluding hydrogens is 1140 g/mol. The summed E-state index contributed by atoms with van der Waals surface area (Å²) in [5.74, 6) is 4.60. The minimum atomic E-state index is -1.24. The van der Waals surface area contributed by atoms with Crippen LogP contribution in [-0.4, -0.2) is 126 Å². The van der Waals surface area contributed by atoms with E-state index >= 15 is 0 Å². The first-order valence-electron chi connectivity index (χ1n) is 30.2. The Hall–Kier alpha value is -9.72. The van der Waals surface area contributed by atoms with Gasteiger partial charge in [0.25, 0.3) is 0 Å². The maximum Gasteiger partial charge on any atom is 0.199 e. The van der Waals surface area contributed by atoms with Gasteiger partial charge in [0.2, 0.25) is 0 Å². The van der Waals surface area contributed by atoms with E-state index in [1.54, 1.807) is 67.5 Å². The SMILES string of the molecule is CCC1(CC)C(=O)C(=C2Cc3ccccc3N2)C(=NC)N1c1cc(OC)cc(OC)c1.CCc1cc(OC)cc(N2C(=N)C(=C3Cc4ccccc4N3)C(=O)C2(C)CO)c1.CN=C1C(=C2Cc3ccccc3N2)C(=O)C2(COC2)N1c1cc(OC)cc(OC)c1. The second kappa shape index (κ2) is 25.0. The number of ether oxygens (including phenoxy) is 6. The third-order valence-electron chi connectivity index (χ3n) is 18.2. The zero-order valence-corrected chi connectivity index (χ0v) is 52.8. The number of hydrogen-bond donors (Lipinski definition) is 5. The lowest BCUT2D eigenvalue weighted by Crippen LogP contribution is -2.63. The van der Waals surface area contributed by atoms with Crippen LogP contribution in [0, 0.1) is 5.41 Å². The number of Topliss-reactive ketones (excluding diaryl/α,β-unsaturated/α-hetero) is 3. The number of rotatable bonds is 12. The molecule has 0 saturated carbocycles. The zero-order valence-electron chi connectivity index (χ0n) is 52.8. The van der Waals surface area contributed by atoms with E-state index in [0.717, 1.165) is 57.4 Å². The van der Waals surface area contributed by atoms with Crippen LogP contribution in [0.15, 0.2) is 171 Å². The molecule has 19 nitrogen and oxygen atoms in total. The first-order chi connectivity index (χ1) is 43.6. The average Bonchev–Trinajstić information content (AvgIpc) is 1.58. The number of carbonyl (C=O) groups is 3. The standard InChI is InChI=1S/C25H29N3O3.C23H23N3O4.C23H25N3O3/c1-6-25(7-2)23(29)22(21-12-16-10-8-9-11-20(16)27-21)24(26-3)28(25)17-13-18(30-4)15-19(14-17)31-5;1-24-22-20(19-8-14-6-4-5-7-18(14)25-19)21(27)23(12-30-13-23)26(22)15-9-16(28-2)11-17(10-15)29-3;1-4-14-9-16(12-17(10-14)29-3)26-22(24)20(21(28)23(26,2)13-27)19-11-15-7-5-6-8-18(15)25-19/h8-11,13-15,27H,6-7,12H2,1-5H3;4-7,9-11,25H,8,12-13H2,1-3H3;5-10,12,24-25,27H,4,11,13H2,1-3H3. The summed E-state index contributed by atoms with van der Waals surface area (Å²) in [6.45, 7) is 8.08. The molecule has 13 rings (SSSR count). The summed E-state index contributed by atoms with van der Waals surface area (Å²) in [7, 11) is 11.5. The smallest absolute Gasteiger partial charge is 0.199 e. The fourth-order valence-electron chi connectivity index (χ4n) is 13.3. The number of amidine groups is 3. The number of aliphatic hydroxyl groups is 1. The van der Waals surface area contributed by atoms with Gasteiger partial charge in [-0.15, -0.1) is 0 Å². The van der Waals surface area contributed by atoms with E-state index < -0.39 is 23.2 Å². The van der Waals surface area contributed by atoms with E-state index in [9.17, 15) is 19.5 Å². The molecule has 90 heavy (non-hydrogen) atoms. The first-order valence-corrected chi connectivity index (χ1v) is 30.2. The van der Waals surface area contributed by atoms with Gasteiger partial charge < -0.3 is 64.2 Å². The maximum absolute atomic E-state index is 14.0. The van der Waals surface area contributed by atoms with Crippen LogP contribution in [-0.2, 0) is 44.8 Å². The number of para-hydroxylation sites is 3.